The number of hydrogen-bond donors (Lipinski definition) is 0. The van der Waals surface area contributed by atoms with Crippen LogP contribution >= 0.6 is 0 Å². The van der Waals surface area contributed by atoms with Crippen LogP contribution < -0.4 is 0 Å². The fraction of sp³-hybridized carbons (Fsp3) is 0.250. The van der Waals surface area contributed by atoms with E-state index in [2.05, 4.69) is 56.3 Å². The van der Waals surface area contributed by atoms with Gasteiger partial charge in [0, 0.05) is 5.56 Å². The first-order chi connectivity index (χ1) is 10.1. The Morgan fingerprint density at radius 3 is 2.29 bits per heavy atom. The van der Waals surface area contributed by atoms with Gasteiger partial charge in [-0.2, -0.15) is 0 Å². The highest BCUT2D eigenvalue weighted by Crippen LogP contribution is 2.23. The van der Waals surface area contributed by atoms with Crippen molar-refractivity contribution in [1.29, 1.82) is 0 Å². The molecule has 0 N–H and O–H groups in total. The summed E-state index contributed by atoms with van der Waals surface area (Å²) in [6, 6.07) is 16.4. The Morgan fingerprint density at radius 2 is 1.71 bits per heavy atom. The fourth-order valence-corrected chi connectivity index (χ4v) is 2.53. The monoisotopic (exact) mass is 278 g/mol. The molecule has 0 aliphatic rings. The lowest BCUT2D eigenvalue weighted by molar-refractivity contribution is 0.101. The molecule has 0 amide bonds. The average molecular weight is 278 g/mol. The van der Waals surface area contributed by atoms with Crippen LogP contribution in [0.2, 0.25) is 0 Å². The normalized spacial score (nSPS) is 11.5. The summed E-state index contributed by atoms with van der Waals surface area (Å²) in [7, 11) is 0. The minimum Gasteiger partial charge on any atom is -0.295 e. The topological polar surface area (TPSA) is 17.1 Å². The maximum Gasteiger partial charge on any atom is 0.159 e. The molecule has 1 nitrogen and oxygen atoms in total. The summed E-state index contributed by atoms with van der Waals surface area (Å²) in [6.07, 6.45) is 4.22. The summed E-state index contributed by atoms with van der Waals surface area (Å²) in [5.41, 5.74) is 5.98. The molecule has 0 aliphatic carbocycles. The second-order valence-corrected chi connectivity index (χ2v) is 5.38. The van der Waals surface area contributed by atoms with Crippen LogP contribution in [-0.2, 0) is 6.42 Å². The minimum atomic E-state index is 0.116. The zero-order chi connectivity index (χ0) is 15.2. The molecule has 0 aromatic heterocycles. The fourth-order valence-electron chi connectivity index (χ4n) is 2.53. The van der Waals surface area contributed by atoms with Crippen LogP contribution in [0.4, 0.5) is 0 Å². The highest BCUT2D eigenvalue weighted by Gasteiger charge is 2.06. The number of ketones is 1. The van der Waals surface area contributed by atoms with Crippen molar-refractivity contribution < 1.29 is 4.79 Å². The number of benzene rings is 2. The van der Waals surface area contributed by atoms with Crippen molar-refractivity contribution in [3.05, 3.63) is 76.9 Å². The van der Waals surface area contributed by atoms with Gasteiger partial charge in [0.25, 0.3) is 0 Å². The molecule has 2 aromatic carbocycles. The molecular formula is C20H22O. The Kier molecular flexibility index (Phi) is 5.10. The van der Waals surface area contributed by atoms with Gasteiger partial charge in [-0.1, -0.05) is 61.5 Å². The average Bonchev–Trinajstić information content (AvgIpc) is 2.48. The molecule has 21 heavy (non-hydrogen) atoms. The Labute approximate surface area is 127 Å². The molecule has 0 atom stereocenters. The van der Waals surface area contributed by atoms with Gasteiger partial charge in [0.15, 0.2) is 5.78 Å². The van der Waals surface area contributed by atoms with Crippen LogP contribution in [0.5, 0.6) is 0 Å². The molecule has 0 saturated carbocycles. The van der Waals surface area contributed by atoms with Gasteiger partial charge >= 0.3 is 0 Å². The van der Waals surface area contributed by atoms with E-state index in [1.807, 2.05) is 12.1 Å². The smallest absolute Gasteiger partial charge is 0.159 e. The van der Waals surface area contributed by atoms with Crippen molar-refractivity contribution in [3.63, 3.8) is 0 Å². The van der Waals surface area contributed by atoms with Gasteiger partial charge in [-0.15, -0.1) is 0 Å². The van der Waals surface area contributed by atoms with Gasteiger partial charge < -0.3 is 0 Å². The lowest BCUT2D eigenvalue weighted by Gasteiger charge is -2.11. The molecule has 0 bridgehead atoms. The molecule has 0 unspecified atom stereocenters. The predicted octanol–water partition coefficient (Wildman–Crippen LogP) is 5.23. The summed E-state index contributed by atoms with van der Waals surface area (Å²) < 4.78 is 0. The van der Waals surface area contributed by atoms with E-state index in [4.69, 9.17) is 0 Å². The quantitative estimate of drug-likeness (QED) is 0.684. The van der Waals surface area contributed by atoms with Crippen LogP contribution in [0, 0.1) is 6.92 Å². The van der Waals surface area contributed by atoms with E-state index in [0.717, 1.165) is 18.4 Å². The van der Waals surface area contributed by atoms with Crippen LogP contribution in [0.25, 0.3) is 5.57 Å². The summed E-state index contributed by atoms with van der Waals surface area (Å²) in [5.74, 6) is 0.116. The Bertz CT molecular complexity index is 648. The molecule has 1 heteroatoms. The molecule has 0 fully saturated rings. The standard InChI is InChI=1S/C20H22O/c1-4-7-19(20-9-6-5-8-15(20)2)14-17-10-12-18(13-11-17)16(3)21/h5-13H,4,14H2,1-3H3/b19-7-. The second-order valence-electron chi connectivity index (χ2n) is 5.38. The van der Waals surface area contributed by atoms with Gasteiger partial charge in [0.2, 0.25) is 0 Å². The van der Waals surface area contributed by atoms with E-state index in [0.29, 0.717) is 0 Å². The van der Waals surface area contributed by atoms with Crippen molar-refractivity contribution in [2.45, 2.75) is 33.6 Å². The van der Waals surface area contributed by atoms with Gasteiger partial charge in [0.05, 0.1) is 0 Å². The Hall–Kier alpha value is -2.15. The zero-order valence-corrected chi connectivity index (χ0v) is 13.0. The van der Waals surface area contributed by atoms with Gasteiger partial charge in [-0.05, 0) is 49.0 Å². The zero-order valence-electron chi connectivity index (χ0n) is 13.0. The van der Waals surface area contributed by atoms with Crippen molar-refractivity contribution in [2.24, 2.45) is 0 Å². The van der Waals surface area contributed by atoms with E-state index >= 15 is 0 Å². The maximum absolute atomic E-state index is 11.3. The van der Waals surface area contributed by atoms with Crippen LogP contribution in [0.15, 0.2) is 54.6 Å². The second kappa shape index (κ2) is 7.03. The van der Waals surface area contributed by atoms with Crippen LogP contribution in [0.1, 0.15) is 47.3 Å². The highest BCUT2D eigenvalue weighted by molar-refractivity contribution is 5.94. The molecule has 0 saturated heterocycles. The third kappa shape index (κ3) is 3.91. The lowest BCUT2D eigenvalue weighted by Crippen LogP contribution is -1.96. The van der Waals surface area contributed by atoms with E-state index in [9.17, 15) is 4.79 Å². The molecular weight excluding hydrogens is 256 g/mol. The van der Waals surface area contributed by atoms with E-state index in [1.165, 1.54) is 22.3 Å². The Balaban J connectivity index is 2.27. The first-order valence-corrected chi connectivity index (χ1v) is 7.46. The van der Waals surface area contributed by atoms with Gasteiger partial charge in [-0.25, -0.2) is 0 Å². The molecule has 108 valence electrons. The van der Waals surface area contributed by atoms with Crippen molar-refractivity contribution >= 4 is 11.4 Å². The number of hydrogen-bond acceptors (Lipinski definition) is 1. The first-order valence-electron chi connectivity index (χ1n) is 7.46. The van der Waals surface area contributed by atoms with E-state index in [1.54, 1.807) is 6.92 Å². The molecule has 0 heterocycles. The number of carbonyl (C=O) groups excluding carboxylic acids is 1. The molecule has 2 aromatic rings. The summed E-state index contributed by atoms with van der Waals surface area (Å²) in [6.45, 7) is 5.92. The highest BCUT2D eigenvalue weighted by atomic mass is 16.1. The number of rotatable bonds is 5. The van der Waals surface area contributed by atoms with Crippen molar-refractivity contribution in [3.8, 4) is 0 Å². The minimum absolute atomic E-state index is 0.116. The predicted molar refractivity (Wildman–Crippen MR) is 89.6 cm³/mol. The number of carbonyl (C=O) groups is 1. The number of allylic oxidation sites excluding steroid dienone is 2. The maximum atomic E-state index is 11.3. The largest absolute Gasteiger partial charge is 0.295 e. The van der Waals surface area contributed by atoms with Crippen LogP contribution in [0.3, 0.4) is 0 Å². The summed E-state index contributed by atoms with van der Waals surface area (Å²) >= 11 is 0. The molecule has 0 radical (unpaired) electrons. The lowest BCUT2D eigenvalue weighted by atomic mass is 9.93. The molecule has 0 spiro atoms. The van der Waals surface area contributed by atoms with Gasteiger partial charge in [-0.3, -0.25) is 4.79 Å². The first kappa shape index (κ1) is 15.2. The van der Waals surface area contributed by atoms with E-state index in [-0.39, 0.29) is 5.78 Å². The summed E-state index contributed by atoms with van der Waals surface area (Å²) in [4.78, 5) is 11.3. The molecule has 2 rings (SSSR count). The Morgan fingerprint density at radius 1 is 1.05 bits per heavy atom. The van der Waals surface area contributed by atoms with E-state index < -0.39 is 0 Å². The molecule has 0 aliphatic heterocycles. The van der Waals surface area contributed by atoms with Crippen molar-refractivity contribution in [2.75, 3.05) is 0 Å². The number of aryl methyl sites for hydroxylation is 1. The van der Waals surface area contributed by atoms with Crippen LogP contribution in [-0.4, -0.2) is 5.78 Å². The third-order valence-corrected chi connectivity index (χ3v) is 3.70. The van der Waals surface area contributed by atoms with Crippen molar-refractivity contribution in [1.82, 2.24) is 0 Å². The van der Waals surface area contributed by atoms with Gasteiger partial charge in [0.1, 0.15) is 0 Å². The SMILES string of the molecule is CC/C=C(/Cc1ccc(C(C)=O)cc1)c1ccccc1C. The summed E-state index contributed by atoms with van der Waals surface area (Å²) in [5, 5.41) is 0. The third-order valence-electron chi connectivity index (χ3n) is 3.70. The number of Topliss-reactive ketones (excluding diaryl/α,β-unsaturated/α-hetero) is 1.